The average molecular weight is 294 g/mol. The minimum Gasteiger partial charge on any atom is -0.339 e. The van der Waals surface area contributed by atoms with Crippen LogP contribution in [0.15, 0.2) is 28.8 Å². The van der Waals surface area contributed by atoms with Crippen LogP contribution in [-0.4, -0.2) is 16.2 Å². The minimum absolute atomic E-state index is 0. The highest BCUT2D eigenvalue weighted by Crippen LogP contribution is 2.32. The Morgan fingerprint density at radius 2 is 2.10 bits per heavy atom. The SMILES string of the molecule is Cc1ccccc1Cc1noc(C2CCC(N)C2)n1.Cl. The monoisotopic (exact) mass is 293 g/mol. The zero-order valence-corrected chi connectivity index (χ0v) is 12.4. The maximum atomic E-state index is 5.92. The first kappa shape index (κ1) is 15.0. The Morgan fingerprint density at radius 3 is 2.80 bits per heavy atom. The maximum absolute atomic E-state index is 5.92. The van der Waals surface area contributed by atoms with E-state index in [1.165, 1.54) is 11.1 Å². The Hall–Kier alpha value is -1.39. The second kappa shape index (κ2) is 6.37. The molecular formula is C15H20ClN3O. The molecule has 2 aromatic rings. The summed E-state index contributed by atoms with van der Waals surface area (Å²) < 4.78 is 5.39. The molecule has 1 aliphatic rings. The first-order chi connectivity index (χ1) is 9.22. The topological polar surface area (TPSA) is 64.9 Å². The van der Waals surface area contributed by atoms with Crippen molar-refractivity contribution < 1.29 is 4.52 Å². The number of nitrogens with zero attached hydrogens (tertiary/aromatic N) is 2. The summed E-state index contributed by atoms with van der Waals surface area (Å²) in [4.78, 5) is 4.53. The summed E-state index contributed by atoms with van der Waals surface area (Å²) in [6, 6.07) is 8.58. The third-order valence-corrected chi connectivity index (χ3v) is 3.92. The summed E-state index contributed by atoms with van der Waals surface area (Å²) in [5.74, 6) is 1.88. The number of hydrogen-bond donors (Lipinski definition) is 1. The number of benzene rings is 1. The van der Waals surface area contributed by atoms with Crippen LogP contribution in [0.2, 0.25) is 0 Å². The molecule has 1 saturated carbocycles. The van der Waals surface area contributed by atoms with Gasteiger partial charge in [0.05, 0.1) is 0 Å². The van der Waals surface area contributed by atoms with Crippen LogP contribution in [0, 0.1) is 6.92 Å². The largest absolute Gasteiger partial charge is 0.339 e. The lowest BCUT2D eigenvalue weighted by Gasteiger charge is -2.02. The second-order valence-electron chi connectivity index (χ2n) is 5.42. The molecule has 3 rings (SSSR count). The van der Waals surface area contributed by atoms with Crippen LogP contribution in [0.3, 0.4) is 0 Å². The molecule has 0 amide bonds. The molecule has 108 valence electrons. The standard InChI is InChI=1S/C15H19N3O.ClH/c1-10-4-2-3-5-11(10)9-14-17-15(19-18-14)12-6-7-13(16)8-12;/h2-5,12-13H,6-9,16H2,1H3;1H. The number of hydrogen-bond acceptors (Lipinski definition) is 4. The van der Waals surface area contributed by atoms with Gasteiger partial charge in [0.15, 0.2) is 5.82 Å². The molecular weight excluding hydrogens is 274 g/mol. The number of nitrogens with two attached hydrogens (primary N) is 1. The molecule has 1 aromatic heterocycles. The Bertz CT molecular complexity index is 570. The average Bonchev–Trinajstić information content (AvgIpc) is 3.01. The number of aryl methyl sites for hydroxylation is 1. The van der Waals surface area contributed by atoms with E-state index in [1.807, 2.05) is 12.1 Å². The summed E-state index contributed by atoms with van der Waals surface area (Å²) in [5.41, 5.74) is 8.43. The van der Waals surface area contributed by atoms with Crippen molar-refractivity contribution >= 4 is 12.4 Å². The van der Waals surface area contributed by atoms with Gasteiger partial charge >= 0.3 is 0 Å². The summed E-state index contributed by atoms with van der Waals surface area (Å²) in [6.07, 6.45) is 3.81. The summed E-state index contributed by atoms with van der Waals surface area (Å²) >= 11 is 0. The van der Waals surface area contributed by atoms with Crippen LogP contribution in [-0.2, 0) is 6.42 Å². The van der Waals surface area contributed by atoms with Gasteiger partial charge in [-0.05, 0) is 37.3 Å². The van der Waals surface area contributed by atoms with Crippen molar-refractivity contribution in [2.75, 3.05) is 0 Å². The fraction of sp³-hybridized carbons (Fsp3) is 0.467. The third-order valence-electron chi connectivity index (χ3n) is 3.92. The van der Waals surface area contributed by atoms with E-state index in [2.05, 4.69) is 29.2 Å². The van der Waals surface area contributed by atoms with Gasteiger partial charge in [-0.25, -0.2) is 0 Å². The van der Waals surface area contributed by atoms with E-state index < -0.39 is 0 Å². The lowest BCUT2D eigenvalue weighted by Crippen LogP contribution is -2.14. The smallest absolute Gasteiger partial charge is 0.229 e. The highest BCUT2D eigenvalue weighted by atomic mass is 35.5. The zero-order valence-electron chi connectivity index (χ0n) is 11.6. The van der Waals surface area contributed by atoms with E-state index in [1.54, 1.807) is 0 Å². The molecule has 1 fully saturated rings. The maximum Gasteiger partial charge on any atom is 0.229 e. The van der Waals surface area contributed by atoms with Crippen molar-refractivity contribution in [3.63, 3.8) is 0 Å². The second-order valence-corrected chi connectivity index (χ2v) is 5.42. The molecule has 2 N–H and O–H groups in total. The van der Waals surface area contributed by atoms with E-state index in [4.69, 9.17) is 10.3 Å². The molecule has 0 aliphatic heterocycles. The number of rotatable bonds is 3. The van der Waals surface area contributed by atoms with Crippen LogP contribution in [0.1, 0.15) is 48.0 Å². The fourth-order valence-corrected chi connectivity index (χ4v) is 2.72. The van der Waals surface area contributed by atoms with Gasteiger partial charge in [0.2, 0.25) is 5.89 Å². The van der Waals surface area contributed by atoms with Gasteiger partial charge in [0, 0.05) is 18.4 Å². The first-order valence-corrected chi connectivity index (χ1v) is 6.85. The van der Waals surface area contributed by atoms with Gasteiger partial charge in [0.1, 0.15) is 0 Å². The van der Waals surface area contributed by atoms with Crippen molar-refractivity contribution in [1.82, 2.24) is 10.1 Å². The van der Waals surface area contributed by atoms with Gasteiger partial charge in [-0.2, -0.15) is 4.98 Å². The fourth-order valence-electron chi connectivity index (χ4n) is 2.72. The van der Waals surface area contributed by atoms with Gasteiger partial charge in [-0.3, -0.25) is 0 Å². The Balaban J connectivity index is 0.00000147. The van der Waals surface area contributed by atoms with Crippen LogP contribution in [0.5, 0.6) is 0 Å². The predicted molar refractivity (Wildman–Crippen MR) is 80.1 cm³/mol. The van der Waals surface area contributed by atoms with Crippen LogP contribution in [0.4, 0.5) is 0 Å². The molecule has 0 spiro atoms. The van der Waals surface area contributed by atoms with E-state index in [-0.39, 0.29) is 18.4 Å². The summed E-state index contributed by atoms with van der Waals surface area (Å²) in [7, 11) is 0. The van der Waals surface area contributed by atoms with Crippen molar-refractivity contribution in [1.29, 1.82) is 0 Å². The zero-order chi connectivity index (χ0) is 13.2. The molecule has 1 aromatic carbocycles. The van der Waals surface area contributed by atoms with Crippen molar-refractivity contribution in [3.8, 4) is 0 Å². The summed E-state index contributed by atoms with van der Waals surface area (Å²) in [5, 5.41) is 4.10. The molecule has 1 heterocycles. The normalized spacial score (nSPS) is 21.7. The lowest BCUT2D eigenvalue weighted by atomic mass is 10.1. The number of aromatic nitrogens is 2. The molecule has 20 heavy (non-hydrogen) atoms. The van der Waals surface area contributed by atoms with Gasteiger partial charge in [-0.1, -0.05) is 29.4 Å². The minimum atomic E-state index is 0. The van der Waals surface area contributed by atoms with Crippen LogP contribution in [0.25, 0.3) is 0 Å². The van der Waals surface area contributed by atoms with Crippen molar-refractivity contribution in [2.45, 2.75) is 44.6 Å². The molecule has 4 nitrogen and oxygen atoms in total. The van der Waals surface area contributed by atoms with E-state index in [0.29, 0.717) is 5.92 Å². The van der Waals surface area contributed by atoms with Gasteiger partial charge in [0.25, 0.3) is 0 Å². The summed E-state index contributed by atoms with van der Waals surface area (Å²) in [6.45, 7) is 2.10. The van der Waals surface area contributed by atoms with E-state index in [0.717, 1.165) is 37.4 Å². The third kappa shape index (κ3) is 3.19. The predicted octanol–water partition coefficient (Wildman–Crippen LogP) is 2.99. The van der Waals surface area contributed by atoms with E-state index in [9.17, 15) is 0 Å². The van der Waals surface area contributed by atoms with E-state index >= 15 is 0 Å². The van der Waals surface area contributed by atoms with Crippen LogP contribution < -0.4 is 5.73 Å². The first-order valence-electron chi connectivity index (χ1n) is 6.85. The Kier molecular flexibility index (Phi) is 4.78. The molecule has 2 unspecified atom stereocenters. The van der Waals surface area contributed by atoms with Crippen molar-refractivity contribution in [2.24, 2.45) is 5.73 Å². The molecule has 0 bridgehead atoms. The Labute approximate surface area is 125 Å². The van der Waals surface area contributed by atoms with Crippen LogP contribution >= 0.6 is 12.4 Å². The molecule has 5 heteroatoms. The molecule has 1 aliphatic carbocycles. The molecule has 0 radical (unpaired) electrons. The van der Waals surface area contributed by atoms with Gasteiger partial charge < -0.3 is 10.3 Å². The quantitative estimate of drug-likeness (QED) is 0.945. The highest BCUT2D eigenvalue weighted by Gasteiger charge is 2.27. The van der Waals surface area contributed by atoms with Crippen molar-refractivity contribution in [3.05, 3.63) is 47.1 Å². The highest BCUT2D eigenvalue weighted by molar-refractivity contribution is 5.85. The Morgan fingerprint density at radius 1 is 1.30 bits per heavy atom. The lowest BCUT2D eigenvalue weighted by molar-refractivity contribution is 0.350. The molecule has 0 saturated heterocycles. The number of halogens is 1. The molecule has 2 atom stereocenters. The van der Waals surface area contributed by atoms with Gasteiger partial charge in [-0.15, -0.1) is 12.4 Å².